The number of hydrogen-bond donors (Lipinski definition) is 1. The van der Waals surface area contributed by atoms with E-state index in [1.807, 2.05) is 6.92 Å². The molecule has 0 radical (unpaired) electrons. The third kappa shape index (κ3) is 3.98. The van der Waals surface area contributed by atoms with Crippen LogP contribution in [0.3, 0.4) is 0 Å². The summed E-state index contributed by atoms with van der Waals surface area (Å²) in [5.41, 5.74) is -1.13. The number of halogens is 3. The van der Waals surface area contributed by atoms with E-state index in [1.54, 1.807) is 6.07 Å². The molecule has 0 aromatic heterocycles. The molecule has 24 heavy (non-hydrogen) atoms. The lowest BCUT2D eigenvalue weighted by molar-refractivity contribution is -0.137. The van der Waals surface area contributed by atoms with Crippen LogP contribution < -0.4 is 14.8 Å². The molecule has 0 spiro atoms. The summed E-state index contributed by atoms with van der Waals surface area (Å²) in [5.74, 6) is 0.00147. The van der Waals surface area contributed by atoms with Crippen molar-refractivity contribution in [2.24, 2.45) is 0 Å². The highest BCUT2D eigenvalue weighted by molar-refractivity contribution is 6.05. The summed E-state index contributed by atoms with van der Waals surface area (Å²) in [5, 5.41) is 2.44. The van der Waals surface area contributed by atoms with Gasteiger partial charge in [-0.25, -0.2) is 0 Å². The predicted molar refractivity (Wildman–Crippen MR) is 83.6 cm³/mol. The number of nitrogens with one attached hydrogen (secondary N) is 1. The standard InChI is InChI=1S/C17H16F3NO3/c1-3-24-14-9-8-11(10-15(14)23-2)21-16(22)12-6-4-5-7-13(12)17(18,19)20/h4-10H,3H2,1-2H3,(H,21,22). The largest absolute Gasteiger partial charge is 0.493 e. The van der Waals surface area contributed by atoms with Crippen molar-refractivity contribution in [2.45, 2.75) is 13.1 Å². The van der Waals surface area contributed by atoms with Gasteiger partial charge in [0, 0.05) is 11.8 Å². The van der Waals surface area contributed by atoms with E-state index >= 15 is 0 Å². The molecule has 0 saturated heterocycles. The number of amides is 1. The summed E-state index contributed by atoms with van der Waals surface area (Å²) in [6.45, 7) is 2.24. The first kappa shape index (κ1) is 17.7. The second-order valence-corrected chi connectivity index (χ2v) is 4.80. The maximum atomic E-state index is 13.0. The van der Waals surface area contributed by atoms with Gasteiger partial charge >= 0.3 is 6.18 Å². The number of ether oxygens (including phenoxy) is 2. The fourth-order valence-electron chi connectivity index (χ4n) is 2.15. The molecule has 4 nitrogen and oxygen atoms in total. The first-order valence-corrected chi connectivity index (χ1v) is 7.15. The van der Waals surface area contributed by atoms with Crippen LogP contribution in [-0.2, 0) is 6.18 Å². The highest BCUT2D eigenvalue weighted by Crippen LogP contribution is 2.33. The van der Waals surface area contributed by atoms with Crippen LogP contribution in [0, 0.1) is 0 Å². The van der Waals surface area contributed by atoms with E-state index in [2.05, 4.69) is 5.32 Å². The highest BCUT2D eigenvalue weighted by atomic mass is 19.4. The topological polar surface area (TPSA) is 47.6 Å². The van der Waals surface area contributed by atoms with Gasteiger partial charge in [-0.1, -0.05) is 12.1 Å². The zero-order valence-electron chi connectivity index (χ0n) is 13.1. The van der Waals surface area contributed by atoms with E-state index in [4.69, 9.17) is 9.47 Å². The van der Waals surface area contributed by atoms with Crippen LogP contribution in [0.15, 0.2) is 42.5 Å². The molecule has 7 heteroatoms. The fraction of sp³-hybridized carbons (Fsp3) is 0.235. The van der Waals surface area contributed by atoms with Gasteiger partial charge in [0.05, 0.1) is 24.8 Å². The molecule has 0 heterocycles. The lowest BCUT2D eigenvalue weighted by Crippen LogP contribution is -2.18. The van der Waals surface area contributed by atoms with E-state index in [-0.39, 0.29) is 0 Å². The van der Waals surface area contributed by atoms with Crippen LogP contribution in [0.25, 0.3) is 0 Å². The molecule has 0 aliphatic heterocycles. The number of methoxy groups -OCH3 is 1. The minimum atomic E-state index is -4.61. The zero-order chi connectivity index (χ0) is 17.7. The molecular weight excluding hydrogens is 323 g/mol. The first-order chi connectivity index (χ1) is 11.4. The van der Waals surface area contributed by atoms with Gasteiger partial charge in [-0.15, -0.1) is 0 Å². The van der Waals surface area contributed by atoms with Crippen LogP contribution in [0.5, 0.6) is 11.5 Å². The smallest absolute Gasteiger partial charge is 0.417 e. The Bertz CT molecular complexity index is 729. The van der Waals surface area contributed by atoms with E-state index in [0.717, 1.165) is 12.1 Å². The van der Waals surface area contributed by atoms with Gasteiger partial charge in [-0.2, -0.15) is 13.2 Å². The molecule has 1 amide bonds. The molecule has 0 aliphatic rings. The van der Waals surface area contributed by atoms with E-state index in [9.17, 15) is 18.0 Å². The molecular formula is C17H16F3NO3. The van der Waals surface area contributed by atoms with Crippen molar-refractivity contribution in [1.82, 2.24) is 0 Å². The van der Waals surface area contributed by atoms with Gasteiger partial charge < -0.3 is 14.8 Å². The summed E-state index contributed by atoms with van der Waals surface area (Å²) >= 11 is 0. The average Bonchev–Trinajstić information content (AvgIpc) is 2.55. The van der Waals surface area contributed by atoms with Crippen molar-refractivity contribution in [1.29, 1.82) is 0 Å². The Kier molecular flexibility index (Phi) is 5.33. The third-order valence-electron chi connectivity index (χ3n) is 3.20. The fourth-order valence-corrected chi connectivity index (χ4v) is 2.15. The summed E-state index contributed by atoms with van der Waals surface area (Å²) in [4.78, 5) is 12.2. The maximum Gasteiger partial charge on any atom is 0.417 e. The lowest BCUT2D eigenvalue weighted by atomic mass is 10.1. The Labute approximate surface area is 137 Å². The minimum Gasteiger partial charge on any atom is -0.493 e. The lowest BCUT2D eigenvalue weighted by Gasteiger charge is -2.14. The average molecular weight is 339 g/mol. The second kappa shape index (κ2) is 7.25. The predicted octanol–water partition coefficient (Wildman–Crippen LogP) is 4.37. The molecule has 0 fully saturated rings. The van der Waals surface area contributed by atoms with Crippen LogP contribution >= 0.6 is 0 Å². The summed E-state index contributed by atoms with van der Waals surface area (Å²) in [6.07, 6.45) is -4.61. The van der Waals surface area contributed by atoms with Crippen molar-refractivity contribution >= 4 is 11.6 Å². The van der Waals surface area contributed by atoms with Crippen LogP contribution in [-0.4, -0.2) is 19.6 Å². The number of carbonyl (C=O) groups excluding carboxylic acids is 1. The molecule has 1 N–H and O–H groups in total. The van der Waals surface area contributed by atoms with E-state index in [0.29, 0.717) is 23.8 Å². The number of alkyl halides is 3. The maximum absolute atomic E-state index is 13.0. The number of rotatable bonds is 5. The van der Waals surface area contributed by atoms with Crippen molar-refractivity contribution in [3.8, 4) is 11.5 Å². The number of benzene rings is 2. The van der Waals surface area contributed by atoms with E-state index in [1.165, 1.54) is 31.4 Å². The summed E-state index contributed by atoms with van der Waals surface area (Å²) < 4.78 is 49.5. The quantitative estimate of drug-likeness (QED) is 0.880. The zero-order valence-corrected chi connectivity index (χ0v) is 13.1. The van der Waals surface area contributed by atoms with Gasteiger partial charge in [0.1, 0.15) is 0 Å². The Morgan fingerprint density at radius 3 is 2.46 bits per heavy atom. The third-order valence-corrected chi connectivity index (χ3v) is 3.20. The molecule has 0 atom stereocenters. The van der Waals surface area contributed by atoms with Crippen molar-refractivity contribution < 1.29 is 27.4 Å². The van der Waals surface area contributed by atoms with Crippen LogP contribution in [0.1, 0.15) is 22.8 Å². The number of anilines is 1. The Hall–Kier alpha value is -2.70. The molecule has 0 unspecified atom stereocenters. The van der Waals surface area contributed by atoms with Crippen molar-refractivity contribution in [3.63, 3.8) is 0 Å². The van der Waals surface area contributed by atoms with Gasteiger partial charge in [0.15, 0.2) is 11.5 Å². The van der Waals surface area contributed by atoms with Crippen molar-refractivity contribution in [3.05, 3.63) is 53.6 Å². The molecule has 2 aromatic carbocycles. The second-order valence-electron chi connectivity index (χ2n) is 4.80. The van der Waals surface area contributed by atoms with E-state index < -0.39 is 23.2 Å². The minimum absolute atomic E-state index is 0.303. The number of carbonyl (C=O) groups is 1. The molecule has 0 bridgehead atoms. The van der Waals surface area contributed by atoms with Crippen molar-refractivity contribution in [2.75, 3.05) is 19.0 Å². The Morgan fingerprint density at radius 1 is 1.12 bits per heavy atom. The summed E-state index contributed by atoms with van der Waals surface area (Å²) in [7, 11) is 1.43. The van der Waals surface area contributed by atoms with Crippen LogP contribution in [0.4, 0.5) is 18.9 Å². The first-order valence-electron chi connectivity index (χ1n) is 7.15. The molecule has 128 valence electrons. The molecule has 0 saturated carbocycles. The van der Waals surface area contributed by atoms with Gasteiger partial charge in [-0.05, 0) is 31.2 Å². The summed E-state index contributed by atoms with van der Waals surface area (Å²) in [6, 6.07) is 9.20. The Balaban J connectivity index is 2.28. The molecule has 0 aliphatic carbocycles. The SMILES string of the molecule is CCOc1ccc(NC(=O)c2ccccc2C(F)(F)F)cc1OC. The molecule has 2 rings (SSSR count). The number of hydrogen-bond acceptors (Lipinski definition) is 3. The Morgan fingerprint density at radius 2 is 1.83 bits per heavy atom. The van der Waals surface area contributed by atoms with Gasteiger partial charge in [0.2, 0.25) is 0 Å². The normalized spacial score (nSPS) is 11.0. The van der Waals surface area contributed by atoms with Gasteiger partial charge in [-0.3, -0.25) is 4.79 Å². The highest BCUT2D eigenvalue weighted by Gasteiger charge is 2.34. The monoisotopic (exact) mass is 339 g/mol. The molecule has 2 aromatic rings. The van der Waals surface area contributed by atoms with Gasteiger partial charge in [0.25, 0.3) is 5.91 Å². The van der Waals surface area contributed by atoms with Crippen LogP contribution in [0.2, 0.25) is 0 Å².